The first-order valence-electron chi connectivity index (χ1n) is 6.96. The molecule has 0 aliphatic rings. The van der Waals surface area contributed by atoms with Crippen molar-refractivity contribution >= 4 is 23.1 Å². The van der Waals surface area contributed by atoms with E-state index >= 15 is 0 Å². The van der Waals surface area contributed by atoms with E-state index < -0.39 is 0 Å². The van der Waals surface area contributed by atoms with E-state index in [1.54, 1.807) is 20.1 Å². The molecule has 7 heteroatoms. The van der Waals surface area contributed by atoms with Crippen molar-refractivity contribution in [3.05, 3.63) is 47.2 Å². The molecular formula is C16H15N3O3S. The van der Waals surface area contributed by atoms with Gasteiger partial charge in [0, 0.05) is 17.0 Å². The molecule has 1 N–H and O–H groups in total. The predicted molar refractivity (Wildman–Crippen MR) is 87.7 cm³/mol. The van der Waals surface area contributed by atoms with Crippen LogP contribution in [0.1, 0.15) is 11.5 Å². The number of carbonyl (C=O) groups excluding carboxylic acids is 1. The van der Waals surface area contributed by atoms with Gasteiger partial charge < -0.3 is 14.6 Å². The maximum atomic E-state index is 12.0. The molecule has 6 nitrogen and oxygen atoms in total. The molecule has 0 fully saturated rings. The Balaban J connectivity index is 1.65. The molecule has 0 bridgehead atoms. The van der Waals surface area contributed by atoms with Gasteiger partial charge in [0.2, 0.25) is 5.91 Å². The number of rotatable bonds is 5. The van der Waals surface area contributed by atoms with Crippen LogP contribution in [0.3, 0.4) is 0 Å². The highest BCUT2D eigenvalue weighted by Gasteiger charge is 2.11. The maximum absolute atomic E-state index is 12.0. The zero-order valence-corrected chi connectivity index (χ0v) is 13.5. The van der Waals surface area contributed by atoms with E-state index in [4.69, 9.17) is 9.26 Å². The molecule has 0 unspecified atom stereocenters. The molecule has 1 amide bonds. The SMILES string of the molecule is COc1ccc(-c2nc(CC(=O)Nc3cc(C)on3)cs2)cc1. The number of ether oxygens (including phenoxy) is 1. The quantitative estimate of drug-likeness (QED) is 0.777. The molecule has 3 aromatic rings. The van der Waals surface area contributed by atoms with Gasteiger partial charge in [-0.1, -0.05) is 5.16 Å². The van der Waals surface area contributed by atoms with Crippen LogP contribution in [0.4, 0.5) is 5.82 Å². The van der Waals surface area contributed by atoms with Crippen molar-refractivity contribution < 1.29 is 14.1 Å². The fourth-order valence-electron chi connectivity index (χ4n) is 2.03. The van der Waals surface area contributed by atoms with Crippen LogP contribution in [0.15, 0.2) is 40.2 Å². The van der Waals surface area contributed by atoms with Gasteiger partial charge in [0.15, 0.2) is 5.82 Å². The van der Waals surface area contributed by atoms with E-state index in [2.05, 4.69) is 15.5 Å². The summed E-state index contributed by atoms with van der Waals surface area (Å²) in [5.41, 5.74) is 1.72. The highest BCUT2D eigenvalue weighted by molar-refractivity contribution is 7.13. The number of benzene rings is 1. The monoisotopic (exact) mass is 329 g/mol. The van der Waals surface area contributed by atoms with Crippen molar-refractivity contribution in [2.45, 2.75) is 13.3 Å². The van der Waals surface area contributed by atoms with E-state index in [-0.39, 0.29) is 12.3 Å². The van der Waals surface area contributed by atoms with Crippen molar-refractivity contribution in [3.63, 3.8) is 0 Å². The summed E-state index contributed by atoms with van der Waals surface area (Å²) in [5.74, 6) is 1.69. The molecule has 2 aromatic heterocycles. The highest BCUT2D eigenvalue weighted by atomic mass is 32.1. The van der Waals surface area contributed by atoms with Crippen LogP contribution in [0.2, 0.25) is 0 Å². The van der Waals surface area contributed by atoms with E-state index in [0.29, 0.717) is 11.6 Å². The summed E-state index contributed by atoms with van der Waals surface area (Å²) in [6, 6.07) is 9.33. The minimum absolute atomic E-state index is 0.176. The summed E-state index contributed by atoms with van der Waals surface area (Å²) in [5, 5.41) is 9.16. The van der Waals surface area contributed by atoms with Gasteiger partial charge in [0.05, 0.1) is 19.2 Å². The van der Waals surface area contributed by atoms with Gasteiger partial charge in [-0.15, -0.1) is 11.3 Å². The number of anilines is 1. The van der Waals surface area contributed by atoms with E-state index in [1.807, 2.05) is 29.6 Å². The third-order valence-electron chi connectivity index (χ3n) is 3.13. The largest absolute Gasteiger partial charge is 0.497 e. The number of hydrogen-bond donors (Lipinski definition) is 1. The molecule has 23 heavy (non-hydrogen) atoms. The average molecular weight is 329 g/mol. The highest BCUT2D eigenvalue weighted by Crippen LogP contribution is 2.26. The third-order valence-corrected chi connectivity index (χ3v) is 4.07. The van der Waals surface area contributed by atoms with Gasteiger partial charge in [-0.05, 0) is 31.2 Å². The fourth-order valence-corrected chi connectivity index (χ4v) is 2.86. The van der Waals surface area contributed by atoms with Gasteiger partial charge in [0.1, 0.15) is 16.5 Å². The molecule has 0 saturated heterocycles. The van der Waals surface area contributed by atoms with E-state index in [9.17, 15) is 4.79 Å². The number of hydrogen-bond acceptors (Lipinski definition) is 6. The molecule has 0 aliphatic carbocycles. The first-order chi connectivity index (χ1) is 11.1. The smallest absolute Gasteiger partial charge is 0.231 e. The van der Waals surface area contributed by atoms with Gasteiger partial charge in [0.25, 0.3) is 0 Å². The van der Waals surface area contributed by atoms with Crippen molar-refractivity contribution in [2.24, 2.45) is 0 Å². The van der Waals surface area contributed by atoms with Crippen LogP contribution in [0.5, 0.6) is 5.75 Å². The maximum Gasteiger partial charge on any atom is 0.231 e. The summed E-state index contributed by atoms with van der Waals surface area (Å²) >= 11 is 1.50. The number of nitrogens with zero attached hydrogens (tertiary/aromatic N) is 2. The third kappa shape index (κ3) is 3.75. The molecule has 0 aliphatic heterocycles. The summed E-state index contributed by atoms with van der Waals surface area (Å²) in [7, 11) is 1.63. The topological polar surface area (TPSA) is 77.2 Å². The fraction of sp³-hybridized carbons (Fsp3) is 0.188. The predicted octanol–water partition coefficient (Wildman–Crippen LogP) is 3.30. The Bertz CT molecular complexity index is 808. The lowest BCUT2D eigenvalue weighted by molar-refractivity contribution is -0.115. The second-order valence-corrected chi connectivity index (χ2v) is 5.78. The second kappa shape index (κ2) is 6.62. The number of methoxy groups -OCH3 is 1. The Morgan fingerprint density at radius 3 is 2.78 bits per heavy atom. The number of carbonyl (C=O) groups is 1. The zero-order chi connectivity index (χ0) is 16.2. The van der Waals surface area contributed by atoms with Gasteiger partial charge in [-0.25, -0.2) is 4.98 Å². The van der Waals surface area contributed by atoms with Crippen LogP contribution in [-0.4, -0.2) is 23.2 Å². The summed E-state index contributed by atoms with van der Waals surface area (Å²) in [6.07, 6.45) is 0.193. The standard InChI is InChI=1S/C16H15N3O3S/c1-10-7-14(19-22-10)18-15(20)8-12-9-23-16(17-12)11-3-5-13(21-2)6-4-11/h3-7,9H,8H2,1-2H3,(H,18,19,20). The van der Waals surface area contributed by atoms with Crippen molar-refractivity contribution in [1.29, 1.82) is 0 Å². The van der Waals surface area contributed by atoms with Crippen molar-refractivity contribution in [2.75, 3.05) is 12.4 Å². The number of nitrogens with one attached hydrogen (secondary N) is 1. The minimum atomic E-state index is -0.176. The summed E-state index contributed by atoms with van der Waals surface area (Å²) in [4.78, 5) is 16.5. The Labute approximate surface area is 137 Å². The molecule has 0 spiro atoms. The molecular weight excluding hydrogens is 314 g/mol. The lowest BCUT2D eigenvalue weighted by Crippen LogP contribution is -2.14. The first-order valence-corrected chi connectivity index (χ1v) is 7.84. The summed E-state index contributed by atoms with van der Waals surface area (Å²) in [6.45, 7) is 1.77. The summed E-state index contributed by atoms with van der Waals surface area (Å²) < 4.78 is 10.0. The van der Waals surface area contributed by atoms with Crippen LogP contribution in [0.25, 0.3) is 10.6 Å². The molecule has 118 valence electrons. The number of aromatic nitrogens is 2. The Morgan fingerprint density at radius 1 is 1.35 bits per heavy atom. The van der Waals surface area contributed by atoms with E-state index in [0.717, 1.165) is 22.0 Å². The van der Waals surface area contributed by atoms with Crippen LogP contribution in [0, 0.1) is 6.92 Å². The first kappa shape index (κ1) is 15.2. The molecule has 0 saturated carbocycles. The minimum Gasteiger partial charge on any atom is -0.497 e. The van der Waals surface area contributed by atoms with Crippen LogP contribution in [-0.2, 0) is 11.2 Å². The number of thiazole rings is 1. The van der Waals surface area contributed by atoms with Gasteiger partial charge >= 0.3 is 0 Å². The van der Waals surface area contributed by atoms with Gasteiger partial charge in [-0.3, -0.25) is 4.79 Å². The Kier molecular flexibility index (Phi) is 4.38. The van der Waals surface area contributed by atoms with Gasteiger partial charge in [-0.2, -0.15) is 0 Å². The molecule has 1 aromatic carbocycles. The second-order valence-electron chi connectivity index (χ2n) is 4.92. The normalized spacial score (nSPS) is 10.5. The Morgan fingerprint density at radius 2 is 2.13 bits per heavy atom. The van der Waals surface area contributed by atoms with E-state index in [1.165, 1.54) is 11.3 Å². The van der Waals surface area contributed by atoms with Crippen molar-refractivity contribution in [3.8, 4) is 16.3 Å². The van der Waals surface area contributed by atoms with Crippen LogP contribution < -0.4 is 10.1 Å². The lowest BCUT2D eigenvalue weighted by atomic mass is 10.2. The molecule has 0 radical (unpaired) electrons. The number of aryl methyl sites for hydroxylation is 1. The Hall–Kier alpha value is -2.67. The molecule has 0 atom stereocenters. The lowest BCUT2D eigenvalue weighted by Gasteiger charge is -2.00. The average Bonchev–Trinajstić information content (AvgIpc) is 3.16. The number of amides is 1. The molecule has 2 heterocycles. The van der Waals surface area contributed by atoms with Crippen LogP contribution >= 0.6 is 11.3 Å². The molecule has 3 rings (SSSR count). The zero-order valence-electron chi connectivity index (χ0n) is 12.7. The van der Waals surface area contributed by atoms with Crippen molar-refractivity contribution in [1.82, 2.24) is 10.1 Å².